The second-order valence-electron chi connectivity index (χ2n) is 4.95. The van der Waals surface area contributed by atoms with Gasteiger partial charge >= 0.3 is 0 Å². The van der Waals surface area contributed by atoms with Crippen molar-refractivity contribution in [3.8, 4) is 0 Å². The van der Waals surface area contributed by atoms with Crippen molar-refractivity contribution in [2.45, 2.75) is 38.9 Å². The topological polar surface area (TPSA) is 40.5 Å². The molecule has 2 nitrogen and oxygen atoms in total. The third-order valence-electron chi connectivity index (χ3n) is 3.96. The minimum atomic E-state index is -0.422. The van der Waals surface area contributed by atoms with Crippen molar-refractivity contribution < 1.29 is 10.2 Å². The predicted octanol–water partition coefficient (Wildman–Crippen LogP) is 2.30. The molecule has 2 heteroatoms. The lowest BCUT2D eigenvalue weighted by atomic mass is 9.74. The molecule has 0 fully saturated rings. The molecule has 1 aromatic carbocycles. The summed E-state index contributed by atoms with van der Waals surface area (Å²) in [4.78, 5) is 0. The molecule has 4 unspecified atom stereocenters. The van der Waals surface area contributed by atoms with E-state index in [1.807, 2.05) is 25.1 Å². The Morgan fingerprint density at radius 3 is 2.62 bits per heavy atom. The molecule has 0 aliphatic heterocycles. The van der Waals surface area contributed by atoms with Crippen LogP contribution >= 0.6 is 0 Å². The van der Waals surface area contributed by atoms with Gasteiger partial charge in [0.15, 0.2) is 0 Å². The van der Waals surface area contributed by atoms with Gasteiger partial charge in [-0.3, -0.25) is 0 Å². The largest absolute Gasteiger partial charge is 0.393 e. The standard InChI is InChI=1S/C14H20O2/c1-9(10(2)15)12-8-7-11-5-3-4-6-13(11)14(12)16/h3-6,9-10,12,14-16H,7-8H2,1-2H3. The van der Waals surface area contributed by atoms with Crippen molar-refractivity contribution in [1.29, 1.82) is 0 Å². The van der Waals surface area contributed by atoms with E-state index < -0.39 is 6.10 Å². The van der Waals surface area contributed by atoms with Gasteiger partial charge in [0.1, 0.15) is 0 Å². The first-order chi connectivity index (χ1) is 7.61. The minimum Gasteiger partial charge on any atom is -0.393 e. The Hall–Kier alpha value is -0.860. The molecule has 2 N–H and O–H groups in total. The molecule has 1 aromatic rings. The zero-order valence-corrected chi connectivity index (χ0v) is 9.93. The summed E-state index contributed by atoms with van der Waals surface area (Å²) in [7, 11) is 0. The molecule has 16 heavy (non-hydrogen) atoms. The fourth-order valence-corrected chi connectivity index (χ4v) is 2.67. The number of aliphatic hydroxyl groups is 2. The minimum absolute atomic E-state index is 0.142. The fraction of sp³-hybridized carbons (Fsp3) is 0.571. The van der Waals surface area contributed by atoms with E-state index in [1.54, 1.807) is 6.92 Å². The first kappa shape index (κ1) is 11.6. The van der Waals surface area contributed by atoms with E-state index >= 15 is 0 Å². The van der Waals surface area contributed by atoms with Crippen LogP contribution in [0.3, 0.4) is 0 Å². The van der Waals surface area contributed by atoms with Crippen LogP contribution in [0.15, 0.2) is 24.3 Å². The highest BCUT2D eigenvalue weighted by Gasteiger charge is 2.33. The van der Waals surface area contributed by atoms with E-state index in [2.05, 4.69) is 6.07 Å². The van der Waals surface area contributed by atoms with Crippen LogP contribution in [0, 0.1) is 11.8 Å². The van der Waals surface area contributed by atoms with Gasteiger partial charge < -0.3 is 10.2 Å². The number of hydrogen-bond donors (Lipinski definition) is 2. The van der Waals surface area contributed by atoms with E-state index in [1.165, 1.54) is 5.56 Å². The monoisotopic (exact) mass is 220 g/mol. The zero-order chi connectivity index (χ0) is 11.7. The second kappa shape index (κ2) is 4.56. The van der Waals surface area contributed by atoms with Gasteiger partial charge in [-0.1, -0.05) is 31.2 Å². The van der Waals surface area contributed by atoms with Crippen LogP contribution in [0.2, 0.25) is 0 Å². The average molecular weight is 220 g/mol. The number of fused-ring (bicyclic) bond motifs is 1. The van der Waals surface area contributed by atoms with Crippen molar-refractivity contribution in [3.05, 3.63) is 35.4 Å². The summed E-state index contributed by atoms with van der Waals surface area (Å²) in [5.41, 5.74) is 2.30. The van der Waals surface area contributed by atoms with E-state index in [0.717, 1.165) is 18.4 Å². The number of hydrogen-bond acceptors (Lipinski definition) is 2. The molecule has 0 heterocycles. The van der Waals surface area contributed by atoms with Crippen LogP contribution in [-0.4, -0.2) is 16.3 Å². The lowest BCUT2D eigenvalue weighted by Gasteiger charge is -2.35. The van der Waals surface area contributed by atoms with Crippen LogP contribution in [-0.2, 0) is 6.42 Å². The Morgan fingerprint density at radius 1 is 1.25 bits per heavy atom. The lowest BCUT2D eigenvalue weighted by molar-refractivity contribution is 0.0114. The number of benzene rings is 1. The van der Waals surface area contributed by atoms with Crippen molar-refractivity contribution in [1.82, 2.24) is 0 Å². The second-order valence-corrected chi connectivity index (χ2v) is 4.95. The molecule has 0 saturated carbocycles. The highest BCUT2D eigenvalue weighted by atomic mass is 16.3. The summed E-state index contributed by atoms with van der Waals surface area (Å²) < 4.78 is 0. The summed E-state index contributed by atoms with van der Waals surface area (Å²) in [5.74, 6) is 0.318. The molecule has 0 bridgehead atoms. The lowest BCUT2D eigenvalue weighted by Crippen LogP contribution is -2.31. The van der Waals surface area contributed by atoms with Crippen LogP contribution in [0.5, 0.6) is 0 Å². The molecule has 4 atom stereocenters. The highest BCUT2D eigenvalue weighted by Crippen LogP contribution is 2.39. The summed E-state index contributed by atoms with van der Waals surface area (Å²) >= 11 is 0. The molecule has 1 aliphatic rings. The Morgan fingerprint density at radius 2 is 1.94 bits per heavy atom. The quantitative estimate of drug-likeness (QED) is 0.803. The fourth-order valence-electron chi connectivity index (χ4n) is 2.67. The Kier molecular flexibility index (Phi) is 3.31. The van der Waals surface area contributed by atoms with Gasteiger partial charge in [0.2, 0.25) is 0 Å². The Bertz CT molecular complexity index is 360. The smallest absolute Gasteiger partial charge is 0.0824 e. The first-order valence-electron chi connectivity index (χ1n) is 6.05. The van der Waals surface area contributed by atoms with Crippen LogP contribution in [0.25, 0.3) is 0 Å². The molecular formula is C14H20O2. The molecule has 2 rings (SSSR count). The van der Waals surface area contributed by atoms with Gasteiger partial charge in [0.25, 0.3) is 0 Å². The zero-order valence-electron chi connectivity index (χ0n) is 9.93. The van der Waals surface area contributed by atoms with E-state index in [4.69, 9.17) is 0 Å². The molecule has 0 spiro atoms. The summed E-state index contributed by atoms with van der Waals surface area (Å²) in [6.07, 6.45) is 1.19. The maximum absolute atomic E-state index is 10.3. The molecule has 0 saturated heterocycles. The van der Waals surface area contributed by atoms with Gasteiger partial charge in [0.05, 0.1) is 12.2 Å². The predicted molar refractivity (Wildman–Crippen MR) is 64.1 cm³/mol. The maximum atomic E-state index is 10.3. The third-order valence-corrected chi connectivity index (χ3v) is 3.96. The normalized spacial score (nSPS) is 28.2. The van der Waals surface area contributed by atoms with Gasteiger partial charge in [-0.2, -0.15) is 0 Å². The highest BCUT2D eigenvalue weighted by molar-refractivity contribution is 5.31. The van der Waals surface area contributed by atoms with Crippen LogP contribution in [0.1, 0.15) is 37.5 Å². The van der Waals surface area contributed by atoms with Crippen molar-refractivity contribution in [2.24, 2.45) is 11.8 Å². The van der Waals surface area contributed by atoms with E-state index in [-0.39, 0.29) is 17.9 Å². The maximum Gasteiger partial charge on any atom is 0.0824 e. The summed E-state index contributed by atoms with van der Waals surface area (Å²) in [6.45, 7) is 3.82. The number of rotatable bonds is 2. The number of aryl methyl sites for hydroxylation is 1. The average Bonchev–Trinajstić information content (AvgIpc) is 2.29. The van der Waals surface area contributed by atoms with Crippen LogP contribution < -0.4 is 0 Å². The van der Waals surface area contributed by atoms with Gasteiger partial charge in [-0.05, 0) is 42.7 Å². The number of aliphatic hydroxyl groups excluding tert-OH is 2. The Labute approximate surface area is 96.9 Å². The van der Waals surface area contributed by atoms with Crippen molar-refractivity contribution in [3.63, 3.8) is 0 Å². The van der Waals surface area contributed by atoms with E-state index in [0.29, 0.717) is 0 Å². The molecule has 88 valence electrons. The third kappa shape index (κ3) is 2.00. The van der Waals surface area contributed by atoms with Crippen molar-refractivity contribution in [2.75, 3.05) is 0 Å². The van der Waals surface area contributed by atoms with Gasteiger partial charge in [-0.25, -0.2) is 0 Å². The SMILES string of the molecule is CC(O)C(C)C1CCc2ccccc2C1O. The Balaban J connectivity index is 2.24. The molecule has 0 radical (unpaired) electrons. The summed E-state index contributed by atoms with van der Waals surface area (Å²) in [6, 6.07) is 8.07. The molecule has 0 amide bonds. The molecular weight excluding hydrogens is 200 g/mol. The first-order valence-corrected chi connectivity index (χ1v) is 6.05. The van der Waals surface area contributed by atoms with Gasteiger partial charge in [0, 0.05) is 0 Å². The molecule has 1 aliphatic carbocycles. The van der Waals surface area contributed by atoms with Crippen LogP contribution in [0.4, 0.5) is 0 Å². The van der Waals surface area contributed by atoms with Crippen molar-refractivity contribution >= 4 is 0 Å². The van der Waals surface area contributed by atoms with E-state index in [9.17, 15) is 10.2 Å². The van der Waals surface area contributed by atoms with Gasteiger partial charge in [-0.15, -0.1) is 0 Å². The summed E-state index contributed by atoms with van der Waals surface area (Å²) in [5, 5.41) is 20.0. The molecule has 0 aromatic heterocycles.